The highest BCUT2D eigenvalue weighted by molar-refractivity contribution is 9.10. The third-order valence-corrected chi connectivity index (χ3v) is 3.70. The van der Waals surface area contributed by atoms with Crippen molar-refractivity contribution in [3.8, 4) is 0 Å². The Balaban J connectivity index is 2.10. The fraction of sp³-hybridized carbons (Fsp3) is 0.133. The van der Waals surface area contributed by atoms with Gasteiger partial charge in [0.15, 0.2) is 0 Å². The van der Waals surface area contributed by atoms with E-state index in [4.69, 9.17) is 5.73 Å². The van der Waals surface area contributed by atoms with Gasteiger partial charge in [-0.25, -0.2) is 4.39 Å². The maximum absolute atomic E-state index is 12.9. The molecule has 0 aliphatic rings. The van der Waals surface area contributed by atoms with Gasteiger partial charge in [0.1, 0.15) is 5.82 Å². The lowest BCUT2D eigenvalue weighted by Gasteiger charge is -2.14. The van der Waals surface area contributed by atoms with Crippen molar-refractivity contribution in [1.82, 2.24) is 5.32 Å². The molecule has 0 spiro atoms. The molecule has 0 fully saturated rings. The Morgan fingerprint density at radius 1 is 1.25 bits per heavy atom. The molecule has 0 heterocycles. The van der Waals surface area contributed by atoms with E-state index in [0.717, 1.165) is 10.0 Å². The van der Waals surface area contributed by atoms with Gasteiger partial charge in [-0.15, -0.1) is 0 Å². The molecular formula is C15H14BrFN2O. The average Bonchev–Trinajstić information content (AvgIpc) is 2.42. The molecule has 20 heavy (non-hydrogen) atoms. The fourth-order valence-electron chi connectivity index (χ4n) is 1.80. The van der Waals surface area contributed by atoms with Crippen LogP contribution in [0.15, 0.2) is 46.9 Å². The second kappa shape index (κ2) is 6.05. The topological polar surface area (TPSA) is 55.1 Å². The molecule has 104 valence electrons. The Morgan fingerprint density at radius 3 is 2.50 bits per heavy atom. The molecule has 0 saturated carbocycles. The predicted octanol–water partition coefficient (Wildman–Crippen LogP) is 3.66. The summed E-state index contributed by atoms with van der Waals surface area (Å²) >= 11 is 3.28. The lowest BCUT2D eigenvalue weighted by atomic mass is 10.1. The second-order valence-corrected chi connectivity index (χ2v) is 5.34. The Labute approximate surface area is 125 Å². The minimum atomic E-state index is -0.298. The number of amides is 1. The first-order chi connectivity index (χ1) is 9.47. The SMILES string of the molecule is C[C@@H](NC(=O)c1ccc(Br)c(N)c1)c1ccc(F)cc1. The van der Waals surface area contributed by atoms with Crippen molar-refractivity contribution in [2.45, 2.75) is 13.0 Å². The maximum Gasteiger partial charge on any atom is 0.251 e. The van der Waals surface area contributed by atoms with Crippen LogP contribution in [0.1, 0.15) is 28.9 Å². The summed E-state index contributed by atoms with van der Waals surface area (Å²) in [6.45, 7) is 1.84. The Kier molecular flexibility index (Phi) is 4.39. The molecule has 0 aliphatic carbocycles. The zero-order chi connectivity index (χ0) is 14.7. The predicted molar refractivity (Wildman–Crippen MR) is 80.8 cm³/mol. The normalized spacial score (nSPS) is 11.9. The first kappa shape index (κ1) is 14.5. The zero-order valence-corrected chi connectivity index (χ0v) is 12.4. The standard InChI is InChI=1S/C15H14BrFN2O/c1-9(10-2-5-12(17)6-3-10)19-15(20)11-4-7-13(16)14(18)8-11/h2-9H,18H2,1H3,(H,19,20)/t9-/m1/s1. The highest BCUT2D eigenvalue weighted by Gasteiger charge is 2.12. The van der Waals surface area contributed by atoms with Crippen molar-refractivity contribution in [2.75, 3.05) is 5.73 Å². The largest absolute Gasteiger partial charge is 0.398 e. The number of hydrogen-bond acceptors (Lipinski definition) is 2. The molecule has 3 nitrogen and oxygen atoms in total. The summed E-state index contributed by atoms with van der Waals surface area (Å²) < 4.78 is 13.6. The van der Waals surface area contributed by atoms with Crippen molar-refractivity contribution in [3.63, 3.8) is 0 Å². The van der Waals surface area contributed by atoms with Gasteiger partial charge >= 0.3 is 0 Å². The van der Waals surface area contributed by atoms with E-state index in [1.165, 1.54) is 12.1 Å². The zero-order valence-electron chi connectivity index (χ0n) is 10.9. The van der Waals surface area contributed by atoms with Crippen molar-refractivity contribution < 1.29 is 9.18 Å². The van der Waals surface area contributed by atoms with E-state index in [9.17, 15) is 9.18 Å². The number of nitrogens with one attached hydrogen (secondary N) is 1. The van der Waals surface area contributed by atoms with Gasteiger partial charge in [0.05, 0.1) is 6.04 Å². The first-order valence-corrected chi connectivity index (χ1v) is 6.88. The summed E-state index contributed by atoms with van der Waals surface area (Å²) in [5, 5.41) is 2.85. The number of carbonyl (C=O) groups is 1. The Bertz CT molecular complexity index is 628. The molecule has 0 saturated heterocycles. The number of anilines is 1. The Morgan fingerprint density at radius 2 is 1.90 bits per heavy atom. The van der Waals surface area contributed by atoms with Gasteiger partial charge in [-0.1, -0.05) is 12.1 Å². The fourth-order valence-corrected chi connectivity index (χ4v) is 2.05. The summed E-state index contributed by atoms with van der Waals surface area (Å²) in [6.07, 6.45) is 0. The highest BCUT2D eigenvalue weighted by atomic mass is 79.9. The summed E-state index contributed by atoms with van der Waals surface area (Å²) in [5.74, 6) is -0.519. The Hall–Kier alpha value is -1.88. The van der Waals surface area contributed by atoms with Gasteiger partial charge in [0.25, 0.3) is 5.91 Å². The van der Waals surface area contributed by atoms with E-state index in [1.807, 2.05) is 6.92 Å². The molecule has 0 radical (unpaired) electrons. The lowest BCUT2D eigenvalue weighted by Crippen LogP contribution is -2.26. The molecule has 5 heteroatoms. The summed E-state index contributed by atoms with van der Waals surface area (Å²) in [7, 11) is 0. The lowest BCUT2D eigenvalue weighted by molar-refractivity contribution is 0.0940. The van der Waals surface area contributed by atoms with Crippen molar-refractivity contribution in [2.24, 2.45) is 0 Å². The third-order valence-electron chi connectivity index (χ3n) is 2.98. The molecule has 0 unspecified atom stereocenters. The van der Waals surface area contributed by atoms with Crippen LogP contribution in [0.2, 0.25) is 0 Å². The highest BCUT2D eigenvalue weighted by Crippen LogP contribution is 2.21. The molecule has 1 amide bonds. The van der Waals surface area contributed by atoms with E-state index in [-0.39, 0.29) is 17.8 Å². The van der Waals surface area contributed by atoms with Crippen molar-refractivity contribution >= 4 is 27.5 Å². The number of hydrogen-bond donors (Lipinski definition) is 2. The van der Waals surface area contributed by atoms with Gasteiger partial charge in [0, 0.05) is 15.7 Å². The van der Waals surface area contributed by atoms with E-state index in [0.29, 0.717) is 11.3 Å². The van der Waals surface area contributed by atoms with Crippen LogP contribution in [0.5, 0.6) is 0 Å². The summed E-state index contributed by atoms with van der Waals surface area (Å²) in [4.78, 5) is 12.1. The van der Waals surface area contributed by atoms with Gasteiger partial charge in [-0.05, 0) is 58.7 Å². The smallest absolute Gasteiger partial charge is 0.251 e. The van der Waals surface area contributed by atoms with Crippen LogP contribution in [0.3, 0.4) is 0 Å². The number of halogens is 2. The molecule has 0 aliphatic heterocycles. The minimum Gasteiger partial charge on any atom is -0.398 e. The maximum atomic E-state index is 12.9. The van der Waals surface area contributed by atoms with E-state index in [1.54, 1.807) is 30.3 Å². The van der Waals surface area contributed by atoms with Crippen LogP contribution in [0.4, 0.5) is 10.1 Å². The van der Waals surface area contributed by atoms with E-state index < -0.39 is 0 Å². The van der Waals surface area contributed by atoms with Crippen LogP contribution in [0.25, 0.3) is 0 Å². The number of nitrogen functional groups attached to an aromatic ring is 1. The van der Waals surface area contributed by atoms with Gasteiger partial charge in [-0.3, -0.25) is 4.79 Å². The van der Waals surface area contributed by atoms with Crippen LogP contribution >= 0.6 is 15.9 Å². The number of benzene rings is 2. The molecule has 0 aromatic heterocycles. The molecule has 0 bridgehead atoms. The van der Waals surface area contributed by atoms with E-state index in [2.05, 4.69) is 21.2 Å². The van der Waals surface area contributed by atoms with Gasteiger partial charge < -0.3 is 11.1 Å². The molecule has 1 atom stereocenters. The van der Waals surface area contributed by atoms with Crippen LogP contribution in [-0.4, -0.2) is 5.91 Å². The van der Waals surface area contributed by atoms with Gasteiger partial charge in [0.2, 0.25) is 0 Å². The van der Waals surface area contributed by atoms with Crippen LogP contribution in [0, 0.1) is 5.82 Å². The van der Waals surface area contributed by atoms with Crippen molar-refractivity contribution in [1.29, 1.82) is 0 Å². The van der Waals surface area contributed by atoms with Gasteiger partial charge in [-0.2, -0.15) is 0 Å². The summed E-state index contributed by atoms with van der Waals surface area (Å²) in [6, 6.07) is 10.8. The van der Waals surface area contributed by atoms with Crippen molar-refractivity contribution in [3.05, 3.63) is 63.9 Å². The minimum absolute atomic E-state index is 0.215. The molecule has 2 aromatic carbocycles. The molecule has 2 aromatic rings. The third kappa shape index (κ3) is 3.36. The van der Waals surface area contributed by atoms with Crippen LogP contribution < -0.4 is 11.1 Å². The van der Waals surface area contributed by atoms with Crippen LogP contribution in [-0.2, 0) is 0 Å². The monoisotopic (exact) mass is 336 g/mol. The number of carbonyl (C=O) groups excluding carboxylic acids is 1. The second-order valence-electron chi connectivity index (χ2n) is 4.48. The van der Waals surface area contributed by atoms with E-state index >= 15 is 0 Å². The quantitative estimate of drug-likeness (QED) is 0.840. The molecule has 2 rings (SSSR count). The average molecular weight is 337 g/mol. The molecular weight excluding hydrogens is 323 g/mol. The number of rotatable bonds is 3. The summed E-state index contributed by atoms with van der Waals surface area (Å²) in [5.41, 5.74) is 7.58. The molecule has 3 N–H and O–H groups in total. The number of nitrogens with two attached hydrogens (primary N) is 1. The first-order valence-electron chi connectivity index (χ1n) is 6.08.